The van der Waals surface area contributed by atoms with E-state index in [1.807, 2.05) is 12.1 Å². The van der Waals surface area contributed by atoms with Gasteiger partial charge < -0.3 is 10.3 Å². The number of fused-ring (bicyclic) bond motifs is 1. The number of rotatable bonds is 3. The van der Waals surface area contributed by atoms with E-state index in [1.54, 1.807) is 30.3 Å². The average Bonchev–Trinajstić information content (AvgIpc) is 3.11. The summed E-state index contributed by atoms with van der Waals surface area (Å²) in [5, 5.41) is 4.41. The fourth-order valence-corrected chi connectivity index (χ4v) is 3.67. The highest BCUT2D eigenvalue weighted by Gasteiger charge is 2.34. The topological polar surface area (TPSA) is 74.8 Å². The van der Waals surface area contributed by atoms with Crippen LogP contribution in [0.4, 0.5) is 0 Å². The molecular weight excluding hydrogens is 338 g/mol. The van der Waals surface area contributed by atoms with Crippen LogP contribution in [0, 0.1) is 5.92 Å². The number of benzene rings is 2. The maximum Gasteiger partial charge on any atom is 0.258 e. The fraction of sp³-hybridized carbons (Fsp3) is 0.211. The average molecular weight is 354 g/mol. The van der Waals surface area contributed by atoms with Crippen LogP contribution >= 0.6 is 11.6 Å². The number of nitrogens with zero attached hydrogens (tertiary/aromatic N) is 1. The van der Waals surface area contributed by atoms with Crippen LogP contribution in [0.15, 0.2) is 53.6 Å². The normalized spacial score (nSPS) is 20.0. The predicted molar refractivity (Wildman–Crippen MR) is 97.2 cm³/mol. The van der Waals surface area contributed by atoms with E-state index in [0.29, 0.717) is 34.6 Å². The van der Waals surface area contributed by atoms with E-state index in [9.17, 15) is 9.59 Å². The van der Waals surface area contributed by atoms with Crippen molar-refractivity contribution in [1.82, 2.24) is 15.3 Å². The molecular formula is C19H16ClN3O2. The third-order valence-electron chi connectivity index (χ3n) is 4.75. The highest BCUT2D eigenvalue weighted by Crippen LogP contribution is 2.32. The zero-order valence-corrected chi connectivity index (χ0v) is 14.1. The molecule has 0 amide bonds. The van der Waals surface area contributed by atoms with Gasteiger partial charge in [-0.2, -0.15) is 0 Å². The van der Waals surface area contributed by atoms with E-state index in [1.165, 1.54) is 6.33 Å². The third kappa shape index (κ3) is 2.97. The first kappa shape index (κ1) is 16.0. The molecule has 2 heterocycles. The molecule has 126 valence electrons. The van der Waals surface area contributed by atoms with Crippen molar-refractivity contribution < 1.29 is 4.79 Å². The lowest BCUT2D eigenvalue weighted by Gasteiger charge is -2.18. The fourth-order valence-electron chi connectivity index (χ4n) is 3.48. The van der Waals surface area contributed by atoms with Crippen molar-refractivity contribution in [2.75, 3.05) is 13.1 Å². The van der Waals surface area contributed by atoms with Crippen molar-refractivity contribution in [3.8, 4) is 0 Å². The van der Waals surface area contributed by atoms with Crippen LogP contribution < -0.4 is 10.9 Å². The first-order chi connectivity index (χ1) is 12.1. The highest BCUT2D eigenvalue weighted by atomic mass is 35.5. The molecule has 0 aliphatic carbocycles. The molecule has 1 saturated heterocycles. The van der Waals surface area contributed by atoms with Gasteiger partial charge in [0.25, 0.3) is 5.56 Å². The summed E-state index contributed by atoms with van der Waals surface area (Å²) in [6.07, 6.45) is 1.40. The minimum atomic E-state index is -0.169. The maximum atomic E-state index is 12.9. The quantitative estimate of drug-likeness (QED) is 0.710. The molecule has 25 heavy (non-hydrogen) atoms. The Morgan fingerprint density at radius 1 is 1.16 bits per heavy atom. The van der Waals surface area contributed by atoms with E-state index in [4.69, 9.17) is 11.6 Å². The van der Waals surface area contributed by atoms with E-state index in [0.717, 1.165) is 5.56 Å². The Morgan fingerprint density at radius 2 is 2.04 bits per heavy atom. The Hall–Kier alpha value is -2.50. The van der Waals surface area contributed by atoms with Gasteiger partial charge in [0, 0.05) is 35.5 Å². The van der Waals surface area contributed by atoms with Crippen LogP contribution in [-0.4, -0.2) is 28.8 Å². The Labute approximate surface area is 149 Å². The molecule has 0 saturated carbocycles. The minimum Gasteiger partial charge on any atom is -0.315 e. The van der Waals surface area contributed by atoms with Crippen LogP contribution in [0.3, 0.4) is 0 Å². The lowest BCUT2D eigenvalue weighted by atomic mass is 9.83. The van der Waals surface area contributed by atoms with Gasteiger partial charge in [0.1, 0.15) is 0 Å². The Balaban J connectivity index is 1.70. The zero-order valence-electron chi connectivity index (χ0n) is 13.3. The van der Waals surface area contributed by atoms with Gasteiger partial charge in [0.15, 0.2) is 5.78 Å². The first-order valence-corrected chi connectivity index (χ1v) is 8.49. The number of carbonyl (C=O) groups excluding carboxylic acids is 1. The molecule has 5 nitrogen and oxygen atoms in total. The lowest BCUT2D eigenvalue weighted by molar-refractivity contribution is 0.0920. The summed E-state index contributed by atoms with van der Waals surface area (Å²) in [6, 6.07) is 12.6. The third-order valence-corrected chi connectivity index (χ3v) is 4.99. The molecule has 0 spiro atoms. The van der Waals surface area contributed by atoms with E-state index in [-0.39, 0.29) is 23.2 Å². The summed E-state index contributed by atoms with van der Waals surface area (Å²) in [7, 11) is 0. The zero-order chi connectivity index (χ0) is 17.4. The largest absolute Gasteiger partial charge is 0.315 e. The Morgan fingerprint density at radius 3 is 2.88 bits per heavy atom. The maximum absolute atomic E-state index is 12.9. The second-order valence-electron chi connectivity index (χ2n) is 6.25. The van der Waals surface area contributed by atoms with Gasteiger partial charge in [-0.3, -0.25) is 9.59 Å². The highest BCUT2D eigenvalue weighted by molar-refractivity contribution is 6.31. The van der Waals surface area contributed by atoms with Gasteiger partial charge in [-0.15, -0.1) is 0 Å². The van der Waals surface area contributed by atoms with E-state index >= 15 is 0 Å². The van der Waals surface area contributed by atoms with Crippen molar-refractivity contribution in [2.24, 2.45) is 5.92 Å². The number of aromatic amines is 1. The van der Waals surface area contributed by atoms with Gasteiger partial charge in [0.2, 0.25) is 0 Å². The lowest BCUT2D eigenvalue weighted by Crippen LogP contribution is -2.22. The number of aromatic nitrogens is 2. The van der Waals surface area contributed by atoms with Gasteiger partial charge in [-0.25, -0.2) is 4.98 Å². The molecule has 2 aromatic carbocycles. The molecule has 0 bridgehead atoms. The molecule has 0 unspecified atom stereocenters. The summed E-state index contributed by atoms with van der Waals surface area (Å²) in [6.45, 7) is 1.34. The number of halogens is 1. The summed E-state index contributed by atoms with van der Waals surface area (Å²) in [5.41, 5.74) is 2.12. The molecule has 1 aliphatic heterocycles. The molecule has 1 aromatic heterocycles. The molecule has 2 N–H and O–H groups in total. The van der Waals surface area contributed by atoms with Crippen molar-refractivity contribution >= 4 is 28.3 Å². The van der Waals surface area contributed by atoms with Crippen LogP contribution in [0.5, 0.6) is 0 Å². The monoisotopic (exact) mass is 353 g/mol. The molecule has 2 atom stereocenters. The van der Waals surface area contributed by atoms with Crippen LogP contribution in [0.2, 0.25) is 5.02 Å². The molecule has 0 radical (unpaired) electrons. The van der Waals surface area contributed by atoms with Crippen molar-refractivity contribution in [3.63, 3.8) is 0 Å². The predicted octanol–water partition coefficient (Wildman–Crippen LogP) is 2.76. The van der Waals surface area contributed by atoms with Crippen LogP contribution in [-0.2, 0) is 0 Å². The molecule has 1 aliphatic rings. The molecule has 1 fully saturated rings. The number of H-pyrrole nitrogens is 1. The van der Waals surface area contributed by atoms with Crippen molar-refractivity contribution in [3.05, 3.63) is 75.3 Å². The SMILES string of the molecule is O=C(c1cccc(Cl)c1)[C@H]1CNC[C@@H]1c1ccc2c(=O)[nH]cnc2c1. The molecule has 4 rings (SSSR count). The summed E-state index contributed by atoms with van der Waals surface area (Å²) >= 11 is 6.02. The Kier molecular flexibility index (Phi) is 4.11. The number of ketones is 1. The standard InChI is InChI=1S/C19H16ClN3O2/c20-13-3-1-2-12(6-13)18(24)16-9-21-8-15(16)11-4-5-14-17(7-11)22-10-23-19(14)25/h1-7,10,15-16,21H,8-9H2,(H,22,23,25)/t15-,16+/m1/s1. The number of hydrogen-bond acceptors (Lipinski definition) is 4. The smallest absolute Gasteiger partial charge is 0.258 e. The van der Waals surface area contributed by atoms with Gasteiger partial charge >= 0.3 is 0 Å². The van der Waals surface area contributed by atoms with Crippen LogP contribution in [0.1, 0.15) is 21.8 Å². The van der Waals surface area contributed by atoms with Crippen LogP contribution in [0.25, 0.3) is 10.9 Å². The van der Waals surface area contributed by atoms with Crippen molar-refractivity contribution in [2.45, 2.75) is 5.92 Å². The van der Waals surface area contributed by atoms with E-state index in [2.05, 4.69) is 15.3 Å². The second-order valence-corrected chi connectivity index (χ2v) is 6.69. The molecule has 6 heteroatoms. The summed E-state index contributed by atoms with van der Waals surface area (Å²) in [4.78, 5) is 31.6. The van der Waals surface area contributed by atoms with Gasteiger partial charge in [-0.05, 0) is 29.8 Å². The van der Waals surface area contributed by atoms with Gasteiger partial charge in [0.05, 0.1) is 17.2 Å². The van der Waals surface area contributed by atoms with E-state index < -0.39 is 0 Å². The summed E-state index contributed by atoms with van der Waals surface area (Å²) < 4.78 is 0. The second kappa shape index (κ2) is 6.43. The summed E-state index contributed by atoms with van der Waals surface area (Å²) in [5.74, 6) is -0.0497. The number of nitrogens with one attached hydrogen (secondary N) is 2. The van der Waals surface area contributed by atoms with Crippen molar-refractivity contribution in [1.29, 1.82) is 0 Å². The Bertz CT molecular complexity index is 1010. The minimum absolute atomic E-state index is 0.0389. The number of Topliss-reactive ketones (excluding diaryl/α,β-unsaturated/α-hetero) is 1. The first-order valence-electron chi connectivity index (χ1n) is 8.11. The molecule has 3 aromatic rings. The number of hydrogen-bond donors (Lipinski definition) is 2. The number of carbonyl (C=O) groups is 1. The van der Waals surface area contributed by atoms with Gasteiger partial charge in [-0.1, -0.05) is 29.8 Å².